The first-order chi connectivity index (χ1) is 12.9. The first-order valence-electron chi connectivity index (χ1n) is 9.14. The number of carbonyl (C=O) groups is 1. The first-order valence-corrected chi connectivity index (χ1v) is 9.90. The lowest BCUT2D eigenvalue weighted by Crippen LogP contribution is -2.40. The lowest BCUT2D eigenvalue weighted by atomic mass is 9.95. The molecular formula is C21H23Cl2FN2O. The smallest absolute Gasteiger partial charge is 0.223 e. The Labute approximate surface area is 169 Å². The van der Waals surface area contributed by atoms with Crippen LogP contribution in [0.15, 0.2) is 42.5 Å². The van der Waals surface area contributed by atoms with E-state index in [-0.39, 0.29) is 23.7 Å². The molecule has 1 fully saturated rings. The van der Waals surface area contributed by atoms with E-state index in [1.54, 1.807) is 12.1 Å². The molecule has 1 aliphatic rings. The number of piperidine rings is 1. The van der Waals surface area contributed by atoms with Crippen LogP contribution in [-0.2, 0) is 11.3 Å². The summed E-state index contributed by atoms with van der Waals surface area (Å²) in [6.07, 6.45) is 1.65. The maximum Gasteiger partial charge on any atom is 0.223 e. The number of benzene rings is 2. The molecule has 2 aromatic carbocycles. The molecule has 0 spiro atoms. The number of nitrogens with one attached hydrogen (secondary N) is 1. The van der Waals surface area contributed by atoms with E-state index in [4.69, 9.17) is 23.2 Å². The summed E-state index contributed by atoms with van der Waals surface area (Å²) >= 11 is 12.0. The van der Waals surface area contributed by atoms with Crippen molar-refractivity contribution in [2.75, 3.05) is 13.1 Å². The minimum Gasteiger partial charge on any atom is -0.349 e. The molecule has 0 aromatic heterocycles. The molecular weight excluding hydrogens is 386 g/mol. The van der Waals surface area contributed by atoms with Crippen molar-refractivity contribution in [1.82, 2.24) is 10.2 Å². The summed E-state index contributed by atoms with van der Waals surface area (Å²) in [5.41, 5.74) is 2.03. The van der Waals surface area contributed by atoms with Gasteiger partial charge in [-0.15, -0.1) is 0 Å². The van der Waals surface area contributed by atoms with Crippen molar-refractivity contribution in [3.63, 3.8) is 0 Å². The Bertz CT molecular complexity index is 789. The number of rotatable bonds is 5. The molecule has 2 aromatic rings. The number of hydrogen-bond donors (Lipinski definition) is 1. The monoisotopic (exact) mass is 408 g/mol. The standard InChI is InChI=1S/C21H23Cl2FN2O/c1-14(16-3-5-18(24)6-4-16)25-21(27)17-8-10-26(11-9-17)13-15-2-7-19(22)20(23)12-15/h2-7,12,14,17H,8-11,13H2,1H3,(H,25,27). The third-order valence-electron chi connectivity index (χ3n) is 5.08. The Balaban J connectivity index is 1.48. The summed E-state index contributed by atoms with van der Waals surface area (Å²) in [6.45, 7) is 4.45. The van der Waals surface area contributed by atoms with E-state index in [0.29, 0.717) is 10.0 Å². The van der Waals surface area contributed by atoms with Crippen LogP contribution in [-0.4, -0.2) is 23.9 Å². The number of carbonyl (C=O) groups excluding carboxylic acids is 1. The molecule has 0 aliphatic carbocycles. The van der Waals surface area contributed by atoms with Gasteiger partial charge in [-0.1, -0.05) is 41.4 Å². The number of hydrogen-bond acceptors (Lipinski definition) is 2. The lowest BCUT2D eigenvalue weighted by Gasteiger charge is -2.32. The molecule has 6 heteroatoms. The molecule has 144 valence electrons. The van der Waals surface area contributed by atoms with Crippen LogP contribution in [0.25, 0.3) is 0 Å². The molecule has 0 saturated carbocycles. The predicted octanol–water partition coefficient (Wildman–Crippen LogP) is 5.22. The second kappa shape index (κ2) is 9.05. The van der Waals surface area contributed by atoms with E-state index in [0.717, 1.165) is 43.6 Å². The predicted molar refractivity (Wildman–Crippen MR) is 107 cm³/mol. The maximum absolute atomic E-state index is 13.0. The van der Waals surface area contributed by atoms with Gasteiger partial charge in [0, 0.05) is 12.5 Å². The van der Waals surface area contributed by atoms with E-state index in [9.17, 15) is 9.18 Å². The molecule has 0 bridgehead atoms. The van der Waals surface area contributed by atoms with Crippen LogP contribution in [0.5, 0.6) is 0 Å². The van der Waals surface area contributed by atoms with Gasteiger partial charge in [0.1, 0.15) is 5.82 Å². The maximum atomic E-state index is 13.0. The van der Waals surface area contributed by atoms with E-state index in [2.05, 4.69) is 10.2 Å². The summed E-state index contributed by atoms with van der Waals surface area (Å²) in [4.78, 5) is 14.9. The van der Waals surface area contributed by atoms with Gasteiger partial charge in [-0.25, -0.2) is 4.39 Å². The molecule has 1 amide bonds. The molecule has 3 nitrogen and oxygen atoms in total. The number of halogens is 3. The van der Waals surface area contributed by atoms with Crippen molar-refractivity contribution in [2.24, 2.45) is 5.92 Å². The molecule has 1 atom stereocenters. The van der Waals surface area contributed by atoms with Crippen molar-refractivity contribution >= 4 is 29.1 Å². The Hall–Kier alpha value is -1.62. The molecule has 1 heterocycles. The van der Waals surface area contributed by atoms with Crippen molar-refractivity contribution in [3.05, 3.63) is 69.5 Å². The zero-order valence-electron chi connectivity index (χ0n) is 15.2. The average Bonchev–Trinajstić information content (AvgIpc) is 2.66. The van der Waals surface area contributed by atoms with Gasteiger partial charge >= 0.3 is 0 Å². The largest absolute Gasteiger partial charge is 0.349 e. The van der Waals surface area contributed by atoms with Crippen LogP contribution in [0.4, 0.5) is 4.39 Å². The zero-order chi connectivity index (χ0) is 19.4. The molecule has 1 aliphatic heterocycles. The molecule has 27 heavy (non-hydrogen) atoms. The molecule has 1 unspecified atom stereocenters. The molecule has 3 rings (SSSR count). The molecule has 1 N–H and O–H groups in total. The third-order valence-corrected chi connectivity index (χ3v) is 5.82. The van der Waals surface area contributed by atoms with Crippen LogP contribution in [0.1, 0.15) is 36.9 Å². The van der Waals surface area contributed by atoms with E-state index >= 15 is 0 Å². The fraction of sp³-hybridized carbons (Fsp3) is 0.381. The SMILES string of the molecule is CC(NC(=O)C1CCN(Cc2ccc(Cl)c(Cl)c2)CC1)c1ccc(F)cc1. The number of amides is 1. The number of nitrogens with zero attached hydrogens (tertiary/aromatic N) is 1. The fourth-order valence-corrected chi connectivity index (χ4v) is 3.74. The van der Waals surface area contributed by atoms with Gasteiger partial charge < -0.3 is 5.32 Å². The lowest BCUT2D eigenvalue weighted by molar-refractivity contribution is -0.127. The highest BCUT2D eigenvalue weighted by atomic mass is 35.5. The normalized spacial score (nSPS) is 16.9. The summed E-state index contributed by atoms with van der Waals surface area (Å²) in [5.74, 6) is -0.189. The summed E-state index contributed by atoms with van der Waals surface area (Å²) in [6, 6.07) is 11.8. The minimum atomic E-state index is -0.272. The summed E-state index contributed by atoms with van der Waals surface area (Å²) < 4.78 is 13.0. The van der Waals surface area contributed by atoms with Crippen LogP contribution in [0.2, 0.25) is 10.0 Å². The van der Waals surface area contributed by atoms with Gasteiger partial charge in [0.15, 0.2) is 0 Å². The Kier molecular flexibility index (Phi) is 6.74. The second-order valence-corrected chi connectivity index (χ2v) is 7.90. The van der Waals surface area contributed by atoms with Crippen molar-refractivity contribution in [1.29, 1.82) is 0 Å². The fourth-order valence-electron chi connectivity index (χ4n) is 3.42. The van der Waals surface area contributed by atoms with Crippen LogP contribution < -0.4 is 5.32 Å². The van der Waals surface area contributed by atoms with E-state index in [1.165, 1.54) is 12.1 Å². The van der Waals surface area contributed by atoms with Crippen molar-refractivity contribution in [3.8, 4) is 0 Å². The van der Waals surface area contributed by atoms with Crippen molar-refractivity contribution in [2.45, 2.75) is 32.4 Å². The quantitative estimate of drug-likeness (QED) is 0.734. The van der Waals surface area contributed by atoms with Crippen LogP contribution in [0, 0.1) is 11.7 Å². The first kappa shape index (κ1) is 20.1. The van der Waals surface area contributed by atoms with Gasteiger partial charge in [0.2, 0.25) is 5.91 Å². The highest BCUT2D eigenvalue weighted by Crippen LogP contribution is 2.25. The Morgan fingerprint density at radius 2 is 1.81 bits per heavy atom. The molecule has 0 radical (unpaired) electrons. The average molecular weight is 409 g/mol. The Morgan fingerprint density at radius 3 is 2.44 bits per heavy atom. The summed E-state index contributed by atoms with van der Waals surface area (Å²) in [7, 11) is 0. The van der Waals surface area contributed by atoms with E-state index < -0.39 is 0 Å². The Morgan fingerprint density at radius 1 is 1.15 bits per heavy atom. The van der Waals surface area contributed by atoms with Gasteiger partial charge in [-0.2, -0.15) is 0 Å². The van der Waals surface area contributed by atoms with Crippen LogP contribution >= 0.6 is 23.2 Å². The summed E-state index contributed by atoms with van der Waals surface area (Å²) in [5, 5.41) is 4.18. The van der Waals surface area contributed by atoms with E-state index in [1.807, 2.05) is 25.1 Å². The molecule has 1 saturated heterocycles. The minimum absolute atomic E-state index is 0.0120. The topological polar surface area (TPSA) is 32.3 Å². The van der Waals surface area contributed by atoms with Gasteiger partial charge in [-0.3, -0.25) is 9.69 Å². The third kappa shape index (κ3) is 5.44. The van der Waals surface area contributed by atoms with Crippen LogP contribution in [0.3, 0.4) is 0 Å². The van der Waals surface area contributed by atoms with Gasteiger partial charge in [0.25, 0.3) is 0 Å². The van der Waals surface area contributed by atoms with Gasteiger partial charge in [0.05, 0.1) is 16.1 Å². The highest BCUT2D eigenvalue weighted by Gasteiger charge is 2.26. The zero-order valence-corrected chi connectivity index (χ0v) is 16.7. The van der Waals surface area contributed by atoms with Crippen molar-refractivity contribution < 1.29 is 9.18 Å². The number of likely N-dealkylation sites (tertiary alicyclic amines) is 1. The van der Waals surface area contributed by atoms with Gasteiger partial charge in [-0.05, 0) is 68.2 Å². The highest BCUT2D eigenvalue weighted by molar-refractivity contribution is 6.42. The second-order valence-electron chi connectivity index (χ2n) is 7.08.